The van der Waals surface area contributed by atoms with Gasteiger partial charge in [-0.3, -0.25) is 19.2 Å². The molecule has 0 spiro atoms. The van der Waals surface area contributed by atoms with Gasteiger partial charge in [0.25, 0.3) is 5.56 Å². The zero-order valence-corrected chi connectivity index (χ0v) is 20.0. The summed E-state index contributed by atoms with van der Waals surface area (Å²) in [6.45, 7) is 8.05. The lowest BCUT2D eigenvalue weighted by molar-refractivity contribution is 0.0810. The highest BCUT2D eigenvalue weighted by molar-refractivity contribution is 5.98. The molecule has 1 aromatic heterocycles. The van der Waals surface area contributed by atoms with Crippen LogP contribution in [0.1, 0.15) is 48.3 Å². The summed E-state index contributed by atoms with van der Waals surface area (Å²) in [5.41, 5.74) is 3.31. The molecule has 0 aliphatic carbocycles. The molecule has 2 aromatic carbocycles. The number of carbonyl (C=O) groups excluding carboxylic acids is 1. The summed E-state index contributed by atoms with van der Waals surface area (Å²) in [7, 11) is 1.92. The largest absolute Gasteiger partial charge is 0.491 e. The molecule has 2 heterocycles. The molecule has 1 atom stereocenters. The minimum absolute atomic E-state index is 0.00758. The Kier molecular flexibility index (Phi) is 6.84. The van der Waals surface area contributed by atoms with Gasteiger partial charge >= 0.3 is 0 Å². The zero-order chi connectivity index (χ0) is 23.5. The molecule has 1 fully saturated rings. The second-order valence-electron chi connectivity index (χ2n) is 9.17. The summed E-state index contributed by atoms with van der Waals surface area (Å²) in [6, 6.07) is 17.2. The van der Waals surface area contributed by atoms with Crippen LogP contribution in [0.2, 0.25) is 0 Å². The number of ether oxygens (including phenoxy) is 1. The quantitative estimate of drug-likeness (QED) is 0.505. The van der Waals surface area contributed by atoms with Crippen molar-refractivity contribution < 1.29 is 9.53 Å². The Morgan fingerprint density at radius 2 is 1.88 bits per heavy atom. The Labute approximate surface area is 195 Å². The Morgan fingerprint density at radius 1 is 1.12 bits per heavy atom. The fraction of sp³-hybridized carbons (Fsp3) is 0.407. The van der Waals surface area contributed by atoms with Crippen LogP contribution in [0.5, 0.6) is 5.75 Å². The van der Waals surface area contributed by atoms with Crippen LogP contribution in [-0.2, 0) is 13.6 Å². The van der Waals surface area contributed by atoms with Crippen LogP contribution in [0.4, 0.5) is 0 Å². The van der Waals surface area contributed by atoms with Crippen LogP contribution in [0.15, 0.2) is 59.4 Å². The molecule has 0 amide bonds. The van der Waals surface area contributed by atoms with Crippen LogP contribution in [-0.4, -0.2) is 39.2 Å². The molecule has 0 bridgehead atoms. The number of likely N-dealkylation sites (tertiary alicyclic amines) is 1. The van der Waals surface area contributed by atoms with Crippen molar-refractivity contribution in [2.75, 3.05) is 13.1 Å². The zero-order valence-electron chi connectivity index (χ0n) is 20.0. The number of Topliss-reactive ketones (excluding diaryl/α,β-unsaturated/α-hetero) is 1. The van der Waals surface area contributed by atoms with E-state index >= 15 is 0 Å². The van der Waals surface area contributed by atoms with Crippen LogP contribution in [0.25, 0.3) is 5.69 Å². The number of aromatic nitrogens is 2. The third kappa shape index (κ3) is 4.96. The van der Waals surface area contributed by atoms with E-state index in [1.165, 1.54) is 0 Å². The Hall–Kier alpha value is -3.12. The molecule has 1 aliphatic rings. The van der Waals surface area contributed by atoms with E-state index in [0.717, 1.165) is 42.1 Å². The first-order chi connectivity index (χ1) is 15.8. The fourth-order valence-electron chi connectivity index (χ4n) is 4.67. The van der Waals surface area contributed by atoms with Gasteiger partial charge < -0.3 is 4.74 Å². The third-order valence-electron chi connectivity index (χ3n) is 6.42. The number of benzene rings is 2. The molecule has 0 N–H and O–H groups in total. The smallest absolute Gasteiger partial charge is 0.276 e. The molecular weight excluding hydrogens is 414 g/mol. The van der Waals surface area contributed by atoms with E-state index in [2.05, 4.69) is 4.90 Å². The Bertz CT molecular complexity index is 1180. The van der Waals surface area contributed by atoms with Gasteiger partial charge in [-0.2, -0.15) is 0 Å². The topological polar surface area (TPSA) is 56.5 Å². The molecule has 0 unspecified atom stereocenters. The lowest BCUT2D eigenvalue weighted by Crippen LogP contribution is -2.39. The van der Waals surface area contributed by atoms with Gasteiger partial charge in [-0.25, -0.2) is 4.68 Å². The number of hydrogen-bond donors (Lipinski definition) is 0. The Morgan fingerprint density at radius 3 is 2.61 bits per heavy atom. The van der Waals surface area contributed by atoms with Gasteiger partial charge in [-0.05, 0) is 64.4 Å². The predicted molar refractivity (Wildman–Crippen MR) is 130 cm³/mol. The molecule has 0 saturated carbocycles. The minimum atomic E-state index is -0.0755. The number of para-hydroxylation sites is 1. The van der Waals surface area contributed by atoms with E-state index in [-0.39, 0.29) is 23.4 Å². The molecule has 3 aromatic rings. The normalized spacial score (nSPS) is 16.8. The van der Waals surface area contributed by atoms with Gasteiger partial charge in [-0.15, -0.1) is 0 Å². The highest BCUT2D eigenvalue weighted by Gasteiger charge is 2.28. The number of piperidine rings is 1. The van der Waals surface area contributed by atoms with Gasteiger partial charge in [0.15, 0.2) is 5.78 Å². The SMILES string of the molecule is Cc1c(CN2CCC[C@@H](C(=O)c3cccc(OC(C)C)c3)C2)c(=O)n(-c2ccccc2)n1C. The first kappa shape index (κ1) is 23.1. The first-order valence-corrected chi connectivity index (χ1v) is 11.7. The van der Waals surface area contributed by atoms with E-state index in [9.17, 15) is 9.59 Å². The average Bonchev–Trinajstić information content (AvgIpc) is 3.02. The molecule has 1 aliphatic heterocycles. The summed E-state index contributed by atoms with van der Waals surface area (Å²) in [5, 5.41) is 0. The average molecular weight is 448 g/mol. The van der Waals surface area contributed by atoms with E-state index < -0.39 is 0 Å². The van der Waals surface area contributed by atoms with Crippen LogP contribution in [0, 0.1) is 12.8 Å². The number of carbonyl (C=O) groups is 1. The van der Waals surface area contributed by atoms with Crippen molar-refractivity contribution in [2.45, 2.75) is 46.3 Å². The molecule has 1 saturated heterocycles. The van der Waals surface area contributed by atoms with Gasteiger partial charge in [0.2, 0.25) is 0 Å². The van der Waals surface area contributed by atoms with Gasteiger partial charge in [0.1, 0.15) is 5.75 Å². The summed E-state index contributed by atoms with van der Waals surface area (Å²) < 4.78 is 9.40. The number of ketones is 1. The molecular formula is C27H33N3O3. The van der Waals surface area contributed by atoms with Crippen LogP contribution < -0.4 is 10.3 Å². The highest BCUT2D eigenvalue weighted by atomic mass is 16.5. The van der Waals surface area contributed by atoms with E-state index in [1.54, 1.807) is 4.68 Å². The molecule has 33 heavy (non-hydrogen) atoms. The van der Waals surface area contributed by atoms with Crippen molar-refractivity contribution in [3.63, 3.8) is 0 Å². The van der Waals surface area contributed by atoms with Crippen molar-refractivity contribution in [1.82, 2.24) is 14.3 Å². The van der Waals surface area contributed by atoms with Gasteiger partial charge in [-0.1, -0.05) is 30.3 Å². The maximum atomic E-state index is 13.3. The second-order valence-corrected chi connectivity index (χ2v) is 9.17. The maximum absolute atomic E-state index is 13.3. The van der Waals surface area contributed by atoms with E-state index in [0.29, 0.717) is 18.7 Å². The fourth-order valence-corrected chi connectivity index (χ4v) is 4.67. The number of rotatable bonds is 7. The first-order valence-electron chi connectivity index (χ1n) is 11.7. The summed E-state index contributed by atoms with van der Waals surface area (Å²) in [4.78, 5) is 28.8. The standard InChI is InChI=1S/C27H33N3O3/c1-19(2)33-24-14-8-10-21(16-24)26(31)22-11-9-15-29(17-22)18-25-20(3)28(4)30(27(25)32)23-12-6-5-7-13-23/h5-8,10,12-14,16,19,22H,9,11,15,17-18H2,1-4H3/t22-/m1/s1. The molecule has 0 radical (unpaired) electrons. The van der Waals surface area contributed by atoms with Crippen molar-refractivity contribution in [2.24, 2.45) is 13.0 Å². The molecule has 174 valence electrons. The van der Waals surface area contributed by atoms with E-state index in [4.69, 9.17) is 4.74 Å². The number of nitrogens with zero attached hydrogens (tertiary/aromatic N) is 3. The number of hydrogen-bond acceptors (Lipinski definition) is 4. The summed E-state index contributed by atoms with van der Waals surface area (Å²) in [5.74, 6) is 0.804. The van der Waals surface area contributed by atoms with Crippen molar-refractivity contribution in [1.29, 1.82) is 0 Å². The van der Waals surface area contributed by atoms with Gasteiger partial charge in [0, 0.05) is 37.3 Å². The molecule has 6 heteroatoms. The Balaban J connectivity index is 1.51. The minimum Gasteiger partial charge on any atom is -0.491 e. The van der Waals surface area contributed by atoms with Crippen molar-refractivity contribution >= 4 is 5.78 Å². The summed E-state index contributed by atoms with van der Waals surface area (Å²) >= 11 is 0. The lowest BCUT2D eigenvalue weighted by atomic mass is 9.89. The van der Waals surface area contributed by atoms with Crippen LogP contribution >= 0.6 is 0 Å². The monoisotopic (exact) mass is 447 g/mol. The highest BCUT2D eigenvalue weighted by Crippen LogP contribution is 2.25. The molecule has 4 rings (SSSR count). The second kappa shape index (κ2) is 9.79. The van der Waals surface area contributed by atoms with E-state index in [1.807, 2.05) is 87.1 Å². The van der Waals surface area contributed by atoms with Crippen LogP contribution in [0.3, 0.4) is 0 Å². The van der Waals surface area contributed by atoms with Crippen molar-refractivity contribution in [3.8, 4) is 11.4 Å². The molecule has 6 nitrogen and oxygen atoms in total. The lowest BCUT2D eigenvalue weighted by Gasteiger charge is -2.31. The predicted octanol–water partition coefficient (Wildman–Crippen LogP) is 4.37. The maximum Gasteiger partial charge on any atom is 0.276 e. The third-order valence-corrected chi connectivity index (χ3v) is 6.42. The van der Waals surface area contributed by atoms with Gasteiger partial charge in [0.05, 0.1) is 17.4 Å². The van der Waals surface area contributed by atoms with Crippen molar-refractivity contribution in [3.05, 3.63) is 81.8 Å². The summed E-state index contributed by atoms with van der Waals surface area (Å²) in [6.07, 6.45) is 1.87.